The zero-order valence-corrected chi connectivity index (χ0v) is 14.7. The van der Waals surface area contributed by atoms with Crippen molar-refractivity contribution in [3.05, 3.63) is 29.8 Å². The van der Waals surface area contributed by atoms with Gasteiger partial charge in [0.2, 0.25) is 0 Å². The third-order valence-electron chi connectivity index (χ3n) is 4.00. The minimum absolute atomic E-state index is 0.0666. The van der Waals surface area contributed by atoms with Crippen molar-refractivity contribution in [2.75, 3.05) is 7.11 Å². The topological polar surface area (TPSA) is 127 Å². The van der Waals surface area contributed by atoms with E-state index in [1.165, 1.54) is 38.5 Å². The van der Waals surface area contributed by atoms with E-state index >= 15 is 0 Å². The molecule has 1 aromatic rings. The molecule has 8 heteroatoms. The van der Waals surface area contributed by atoms with Crippen LogP contribution in [0.2, 0.25) is 0 Å². The minimum Gasteiger partial charge on any atom is -0.467 e. The highest BCUT2D eigenvalue weighted by atomic mass is 32.2. The third-order valence-corrected chi connectivity index (χ3v) is 4.87. The van der Waals surface area contributed by atoms with E-state index in [4.69, 9.17) is 10.3 Å². The number of esters is 1. The first kappa shape index (κ1) is 20.6. The fourth-order valence-corrected chi connectivity index (χ4v) is 2.73. The molecular weight excluding hydrogens is 334 g/mol. The van der Waals surface area contributed by atoms with E-state index in [0.29, 0.717) is 5.92 Å². The SMILES string of the molecule is COC(=O)C(O)C(N)CC1CCC1.Cc1ccc(S(=O)(=O)O)cc1. The van der Waals surface area contributed by atoms with Crippen LogP contribution in [0.15, 0.2) is 29.2 Å². The summed E-state index contributed by atoms with van der Waals surface area (Å²) < 4.78 is 33.9. The Morgan fingerprint density at radius 3 is 2.25 bits per heavy atom. The van der Waals surface area contributed by atoms with Crippen LogP contribution < -0.4 is 5.73 Å². The number of ether oxygens (including phenoxy) is 1. The van der Waals surface area contributed by atoms with E-state index in [9.17, 15) is 18.3 Å². The molecule has 0 aromatic heterocycles. The van der Waals surface area contributed by atoms with E-state index in [1.54, 1.807) is 12.1 Å². The predicted octanol–water partition coefficient (Wildman–Crippen LogP) is 1.28. The molecule has 0 bridgehead atoms. The van der Waals surface area contributed by atoms with Gasteiger partial charge in [0.15, 0.2) is 6.10 Å². The van der Waals surface area contributed by atoms with Gasteiger partial charge in [-0.25, -0.2) is 4.79 Å². The van der Waals surface area contributed by atoms with Crippen LogP contribution in [0, 0.1) is 12.8 Å². The maximum Gasteiger partial charge on any atom is 0.336 e. The summed E-state index contributed by atoms with van der Waals surface area (Å²) in [5.41, 5.74) is 6.61. The van der Waals surface area contributed by atoms with Crippen molar-refractivity contribution in [2.24, 2.45) is 11.7 Å². The van der Waals surface area contributed by atoms with Gasteiger partial charge in [-0.3, -0.25) is 4.55 Å². The fourth-order valence-electron chi connectivity index (χ4n) is 2.25. The van der Waals surface area contributed by atoms with Gasteiger partial charge in [-0.1, -0.05) is 37.0 Å². The van der Waals surface area contributed by atoms with Crippen LogP contribution in [-0.4, -0.2) is 43.3 Å². The van der Waals surface area contributed by atoms with Gasteiger partial charge >= 0.3 is 5.97 Å². The van der Waals surface area contributed by atoms with Crippen LogP contribution >= 0.6 is 0 Å². The average molecular weight is 359 g/mol. The summed E-state index contributed by atoms with van der Waals surface area (Å²) >= 11 is 0. The lowest BCUT2D eigenvalue weighted by molar-refractivity contribution is -0.151. The molecule has 4 N–H and O–H groups in total. The molecule has 0 radical (unpaired) electrons. The highest BCUT2D eigenvalue weighted by Gasteiger charge is 2.28. The normalized spacial score (nSPS) is 17.0. The molecule has 0 aliphatic heterocycles. The number of hydrogen-bond acceptors (Lipinski definition) is 6. The molecule has 0 spiro atoms. The summed E-state index contributed by atoms with van der Waals surface area (Å²) in [5.74, 6) is -0.0406. The first-order valence-electron chi connectivity index (χ1n) is 7.70. The molecule has 7 nitrogen and oxygen atoms in total. The molecule has 1 aliphatic rings. The van der Waals surface area contributed by atoms with Crippen LogP contribution in [0.4, 0.5) is 0 Å². The summed E-state index contributed by atoms with van der Waals surface area (Å²) in [7, 11) is -2.77. The number of hydrogen-bond donors (Lipinski definition) is 3. The summed E-state index contributed by atoms with van der Waals surface area (Å²) in [4.78, 5) is 10.8. The number of carbonyl (C=O) groups excluding carboxylic acids is 1. The molecule has 0 saturated heterocycles. The number of benzene rings is 1. The fraction of sp³-hybridized carbons (Fsp3) is 0.562. The van der Waals surface area contributed by atoms with Crippen LogP contribution in [-0.2, 0) is 19.6 Å². The Balaban J connectivity index is 0.000000243. The lowest BCUT2D eigenvalue weighted by Gasteiger charge is -2.29. The van der Waals surface area contributed by atoms with E-state index < -0.39 is 28.2 Å². The predicted molar refractivity (Wildman–Crippen MR) is 88.9 cm³/mol. The van der Waals surface area contributed by atoms with Crippen molar-refractivity contribution in [3.8, 4) is 0 Å². The molecular formula is C16H25NO6S. The van der Waals surface area contributed by atoms with Crippen molar-refractivity contribution < 1.29 is 27.6 Å². The van der Waals surface area contributed by atoms with E-state index in [2.05, 4.69) is 4.74 Å². The Bertz CT molecular complexity index is 624. The molecule has 136 valence electrons. The van der Waals surface area contributed by atoms with Gasteiger partial charge in [0.25, 0.3) is 10.1 Å². The molecule has 0 heterocycles. The Kier molecular flexibility index (Phi) is 7.82. The second kappa shape index (κ2) is 9.12. The second-order valence-corrected chi connectivity index (χ2v) is 7.37. The monoisotopic (exact) mass is 359 g/mol. The minimum atomic E-state index is -4.02. The summed E-state index contributed by atoms with van der Waals surface area (Å²) in [6.07, 6.45) is 3.14. The molecule has 1 aliphatic carbocycles. The first-order valence-corrected chi connectivity index (χ1v) is 9.14. The Morgan fingerprint density at radius 2 is 1.88 bits per heavy atom. The van der Waals surface area contributed by atoms with Crippen molar-refractivity contribution in [1.82, 2.24) is 0 Å². The molecule has 2 atom stereocenters. The van der Waals surface area contributed by atoms with E-state index in [-0.39, 0.29) is 4.90 Å². The molecule has 1 saturated carbocycles. The summed E-state index contributed by atoms with van der Waals surface area (Å²) in [6.45, 7) is 1.84. The maximum absolute atomic E-state index is 10.9. The van der Waals surface area contributed by atoms with Crippen molar-refractivity contribution in [2.45, 2.75) is 49.6 Å². The van der Waals surface area contributed by atoms with Gasteiger partial charge < -0.3 is 15.6 Å². The Hall–Kier alpha value is -1.48. The Morgan fingerprint density at radius 1 is 1.33 bits per heavy atom. The number of methoxy groups -OCH3 is 1. The highest BCUT2D eigenvalue weighted by Crippen LogP contribution is 2.30. The molecule has 24 heavy (non-hydrogen) atoms. The lowest BCUT2D eigenvalue weighted by Crippen LogP contribution is -2.43. The first-order chi connectivity index (χ1) is 11.1. The number of carbonyl (C=O) groups is 1. The van der Waals surface area contributed by atoms with Crippen LogP contribution in [0.3, 0.4) is 0 Å². The summed E-state index contributed by atoms with van der Waals surface area (Å²) in [6, 6.07) is 5.51. The maximum atomic E-state index is 10.9. The van der Waals surface area contributed by atoms with Crippen LogP contribution in [0.5, 0.6) is 0 Å². The standard InChI is InChI=1S/C9H17NO3.C7H8O3S/c1-13-9(12)8(11)7(10)5-6-3-2-4-6;1-6-2-4-7(5-3-6)11(8,9)10/h6-8,11H,2-5,10H2,1H3;2-5H,1H3,(H,8,9,10). The molecule has 1 fully saturated rings. The number of rotatable bonds is 5. The molecule has 2 unspecified atom stereocenters. The van der Waals surface area contributed by atoms with Crippen LogP contribution in [0.25, 0.3) is 0 Å². The van der Waals surface area contributed by atoms with Crippen LogP contribution in [0.1, 0.15) is 31.2 Å². The van der Waals surface area contributed by atoms with Crippen molar-refractivity contribution >= 4 is 16.1 Å². The number of aliphatic hydroxyl groups excluding tert-OH is 1. The van der Waals surface area contributed by atoms with Gasteiger partial charge in [-0.15, -0.1) is 0 Å². The highest BCUT2D eigenvalue weighted by molar-refractivity contribution is 7.85. The van der Waals surface area contributed by atoms with Gasteiger partial charge in [0, 0.05) is 6.04 Å². The van der Waals surface area contributed by atoms with E-state index in [1.807, 2.05) is 6.92 Å². The van der Waals surface area contributed by atoms with Gasteiger partial charge in [-0.2, -0.15) is 8.42 Å². The number of aliphatic hydroxyl groups is 1. The molecule has 2 rings (SSSR count). The smallest absolute Gasteiger partial charge is 0.336 e. The zero-order valence-electron chi connectivity index (χ0n) is 13.9. The van der Waals surface area contributed by atoms with Crippen molar-refractivity contribution in [1.29, 1.82) is 0 Å². The van der Waals surface area contributed by atoms with Gasteiger partial charge in [-0.05, 0) is 31.4 Å². The zero-order chi connectivity index (χ0) is 18.3. The quantitative estimate of drug-likeness (QED) is 0.534. The van der Waals surface area contributed by atoms with Gasteiger partial charge in [0.1, 0.15) is 0 Å². The summed E-state index contributed by atoms with van der Waals surface area (Å²) in [5, 5.41) is 9.36. The average Bonchev–Trinajstić information content (AvgIpc) is 2.49. The van der Waals surface area contributed by atoms with Crippen molar-refractivity contribution in [3.63, 3.8) is 0 Å². The molecule has 0 amide bonds. The number of aryl methyl sites for hydroxylation is 1. The van der Waals surface area contributed by atoms with E-state index in [0.717, 1.165) is 12.0 Å². The molecule has 1 aromatic carbocycles. The lowest BCUT2D eigenvalue weighted by atomic mass is 9.80. The second-order valence-electron chi connectivity index (χ2n) is 5.95. The third kappa shape index (κ3) is 6.56. The largest absolute Gasteiger partial charge is 0.467 e. The van der Waals surface area contributed by atoms with Gasteiger partial charge in [0.05, 0.1) is 12.0 Å². The number of nitrogens with two attached hydrogens (primary N) is 1. The Labute approximate surface area is 142 Å².